The monoisotopic (exact) mass is 708 g/mol. The van der Waals surface area contributed by atoms with E-state index in [0.29, 0.717) is 5.75 Å². The predicted molar refractivity (Wildman–Crippen MR) is 197 cm³/mol. The van der Waals surface area contributed by atoms with Crippen LogP contribution >= 0.6 is 11.8 Å². The van der Waals surface area contributed by atoms with Crippen molar-refractivity contribution in [2.45, 2.75) is 55.3 Å². The van der Waals surface area contributed by atoms with E-state index in [0.717, 1.165) is 44.0 Å². The number of benzene rings is 5. The van der Waals surface area contributed by atoms with Crippen LogP contribution in [0, 0.1) is 5.92 Å². The number of nitrogens with one attached hydrogen (secondary N) is 2. The lowest BCUT2D eigenvalue weighted by Crippen LogP contribution is -2.38. The zero-order valence-corrected chi connectivity index (χ0v) is 29.5. The number of thioether (sulfide) groups is 1. The summed E-state index contributed by atoms with van der Waals surface area (Å²) in [5, 5.41) is 12.4. The predicted octanol–water partition coefficient (Wildman–Crippen LogP) is 7.87. The zero-order valence-electron chi connectivity index (χ0n) is 27.9. The molecule has 6 rings (SSSR count). The fourth-order valence-electron chi connectivity index (χ4n) is 5.91. The summed E-state index contributed by atoms with van der Waals surface area (Å²) in [5.74, 6) is 0.603. The van der Waals surface area contributed by atoms with E-state index in [1.165, 1.54) is 6.92 Å². The fourth-order valence-corrected chi connectivity index (χ4v) is 8.02. The van der Waals surface area contributed by atoms with Crippen LogP contribution in [-0.4, -0.2) is 31.3 Å². The second kappa shape index (κ2) is 16.2. The summed E-state index contributed by atoms with van der Waals surface area (Å²) in [4.78, 5) is 12.7. The highest BCUT2D eigenvalue weighted by atomic mass is 32.2. The van der Waals surface area contributed by atoms with E-state index in [4.69, 9.17) is 9.47 Å². The molecule has 1 aliphatic rings. The standard InChI is InChI=1S/C40H40N2O6S2/c1-27-38(26-49-36-20-18-35(19-21-36)42-28(2)44)47-40(48-39(27)31-16-14-29(25-43)15-17-31)34-11-7-10-33(23-34)32-9-6-8-30(22-32)24-41-50(45,46)37-12-4-3-5-13-37/h3-23,27,38-41,43H,24-26H2,1-2H3,(H,42,44). The third-order valence-corrected chi connectivity index (χ3v) is 11.2. The van der Waals surface area contributed by atoms with Gasteiger partial charge in [-0.05, 0) is 76.3 Å². The Labute approximate surface area is 297 Å². The van der Waals surface area contributed by atoms with Gasteiger partial charge in [-0.2, -0.15) is 0 Å². The van der Waals surface area contributed by atoms with Gasteiger partial charge in [0.05, 0.1) is 23.7 Å². The quantitative estimate of drug-likeness (QED) is 0.113. The number of hydrogen-bond acceptors (Lipinski definition) is 7. The van der Waals surface area contributed by atoms with Gasteiger partial charge in [0.1, 0.15) is 0 Å². The average Bonchev–Trinajstić information content (AvgIpc) is 3.14. The highest BCUT2D eigenvalue weighted by Crippen LogP contribution is 2.43. The molecule has 0 saturated carbocycles. The maximum atomic E-state index is 12.8. The Hall–Kier alpha value is -4.29. The van der Waals surface area contributed by atoms with Crippen LogP contribution in [0.3, 0.4) is 0 Å². The summed E-state index contributed by atoms with van der Waals surface area (Å²) in [6, 6.07) is 39.8. The van der Waals surface area contributed by atoms with Gasteiger partial charge < -0.3 is 19.9 Å². The van der Waals surface area contributed by atoms with E-state index in [-0.39, 0.29) is 42.1 Å². The smallest absolute Gasteiger partial charge is 0.240 e. The lowest BCUT2D eigenvalue weighted by Gasteiger charge is -2.41. The minimum atomic E-state index is -3.64. The molecule has 1 fully saturated rings. The van der Waals surface area contributed by atoms with Crippen molar-refractivity contribution in [1.29, 1.82) is 0 Å². The van der Waals surface area contributed by atoms with Crippen LogP contribution in [0.2, 0.25) is 0 Å². The number of carbonyl (C=O) groups is 1. The zero-order chi connectivity index (χ0) is 35.1. The molecule has 1 amide bonds. The molecular formula is C40H40N2O6S2. The summed E-state index contributed by atoms with van der Waals surface area (Å²) >= 11 is 1.69. The molecule has 0 aliphatic carbocycles. The Bertz CT molecular complexity index is 2000. The Balaban J connectivity index is 1.22. The van der Waals surface area contributed by atoms with Crippen molar-refractivity contribution < 1.29 is 27.8 Å². The molecule has 5 aromatic rings. The molecule has 0 aromatic heterocycles. The van der Waals surface area contributed by atoms with E-state index in [1.807, 2.05) is 91.0 Å². The second-order valence-electron chi connectivity index (χ2n) is 12.3. The molecule has 10 heteroatoms. The largest absolute Gasteiger partial charge is 0.392 e. The highest BCUT2D eigenvalue weighted by Gasteiger charge is 2.38. The first-order chi connectivity index (χ1) is 24.2. The van der Waals surface area contributed by atoms with E-state index in [9.17, 15) is 18.3 Å². The molecule has 1 heterocycles. The number of ether oxygens (including phenoxy) is 2. The topological polar surface area (TPSA) is 114 Å². The summed E-state index contributed by atoms with van der Waals surface area (Å²) in [5.41, 5.74) is 6.20. The van der Waals surface area contributed by atoms with Crippen molar-refractivity contribution in [1.82, 2.24) is 4.72 Å². The van der Waals surface area contributed by atoms with Crippen LogP contribution in [0.1, 0.15) is 48.5 Å². The third-order valence-electron chi connectivity index (χ3n) is 8.65. The Morgan fingerprint density at radius 1 is 0.780 bits per heavy atom. The summed E-state index contributed by atoms with van der Waals surface area (Å²) in [6.45, 7) is 3.76. The molecule has 1 aliphatic heterocycles. The van der Waals surface area contributed by atoms with Crippen molar-refractivity contribution in [3.63, 3.8) is 0 Å². The van der Waals surface area contributed by atoms with Gasteiger partial charge in [0, 0.05) is 41.3 Å². The van der Waals surface area contributed by atoms with Gasteiger partial charge in [-0.15, -0.1) is 11.8 Å². The van der Waals surface area contributed by atoms with Crippen molar-refractivity contribution in [3.8, 4) is 11.1 Å². The maximum absolute atomic E-state index is 12.8. The summed E-state index contributed by atoms with van der Waals surface area (Å²) in [7, 11) is -3.64. The summed E-state index contributed by atoms with van der Waals surface area (Å²) in [6.07, 6.45) is -1.04. The third kappa shape index (κ3) is 8.89. The van der Waals surface area contributed by atoms with Crippen LogP contribution in [0.4, 0.5) is 5.69 Å². The normalized spacial score (nSPS) is 19.2. The highest BCUT2D eigenvalue weighted by molar-refractivity contribution is 7.99. The van der Waals surface area contributed by atoms with E-state index < -0.39 is 16.3 Å². The molecule has 0 bridgehead atoms. The lowest BCUT2D eigenvalue weighted by atomic mass is 9.91. The van der Waals surface area contributed by atoms with Gasteiger partial charge in [-0.3, -0.25) is 4.79 Å². The van der Waals surface area contributed by atoms with Crippen LogP contribution in [0.15, 0.2) is 137 Å². The molecule has 4 unspecified atom stereocenters. The van der Waals surface area contributed by atoms with Crippen molar-refractivity contribution in [3.05, 3.63) is 150 Å². The Kier molecular flexibility index (Phi) is 11.5. The first-order valence-electron chi connectivity index (χ1n) is 16.4. The number of aliphatic hydroxyl groups excluding tert-OH is 1. The number of hydrogen-bond donors (Lipinski definition) is 3. The van der Waals surface area contributed by atoms with Crippen molar-refractivity contribution in [2.24, 2.45) is 5.92 Å². The molecule has 258 valence electrons. The average molecular weight is 709 g/mol. The Morgan fingerprint density at radius 3 is 2.18 bits per heavy atom. The number of amides is 1. The van der Waals surface area contributed by atoms with Crippen molar-refractivity contribution >= 4 is 33.4 Å². The van der Waals surface area contributed by atoms with Crippen molar-refractivity contribution in [2.75, 3.05) is 11.1 Å². The number of carbonyl (C=O) groups excluding carboxylic acids is 1. The molecule has 1 saturated heterocycles. The van der Waals surface area contributed by atoms with E-state index >= 15 is 0 Å². The molecule has 50 heavy (non-hydrogen) atoms. The number of anilines is 1. The van der Waals surface area contributed by atoms with Crippen LogP contribution < -0.4 is 10.0 Å². The van der Waals surface area contributed by atoms with Gasteiger partial charge in [0.2, 0.25) is 15.9 Å². The van der Waals surface area contributed by atoms with Gasteiger partial charge in [0.15, 0.2) is 6.29 Å². The molecule has 5 aromatic carbocycles. The second-order valence-corrected chi connectivity index (χ2v) is 15.2. The Morgan fingerprint density at radius 2 is 1.48 bits per heavy atom. The van der Waals surface area contributed by atoms with E-state index in [1.54, 1.807) is 42.1 Å². The van der Waals surface area contributed by atoms with Gasteiger partial charge >= 0.3 is 0 Å². The van der Waals surface area contributed by atoms with Crippen LogP contribution in [-0.2, 0) is 37.4 Å². The first-order valence-corrected chi connectivity index (χ1v) is 18.9. The number of aliphatic hydroxyl groups is 1. The van der Waals surface area contributed by atoms with Gasteiger partial charge in [-0.1, -0.05) is 85.8 Å². The molecule has 8 nitrogen and oxygen atoms in total. The molecule has 0 radical (unpaired) electrons. The molecule has 3 N–H and O–H groups in total. The van der Waals surface area contributed by atoms with Gasteiger partial charge in [-0.25, -0.2) is 13.1 Å². The van der Waals surface area contributed by atoms with Crippen LogP contribution in [0.25, 0.3) is 11.1 Å². The first kappa shape index (κ1) is 35.5. The van der Waals surface area contributed by atoms with Gasteiger partial charge in [0.25, 0.3) is 0 Å². The SMILES string of the molecule is CC(=O)Nc1ccc(SCC2OC(c3cccc(-c4cccc(CNS(=O)(=O)c5ccccc5)c4)c3)OC(c3ccc(CO)cc3)C2C)cc1. The fraction of sp³-hybridized carbons (Fsp3) is 0.225. The summed E-state index contributed by atoms with van der Waals surface area (Å²) < 4.78 is 41.7. The minimum absolute atomic E-state index is 0.0249. The maximum Gasteiger partial charge on any atom is 0.240 e. The molecular weight excluding hydrogens is 669 g/mol. The number of sulfonamides is 1. The molecule has 4 atom stereocenters. The van der Waals surface area contributed by atoms with Crippen LogP contribution in [0.5, 0.6) is 0 Å². The lowest BCUT2D eigenvalue weighted by molar-refractivity contribution is -0.268. The molecule has 0 spiro atoms. The van der Waals surface area contributed by atoms with E-state index in [2.05, 4.69) is 23.0 Å². The number of rotatable bonds is 12. The minimum Gasteiger partial charge on any atom is -0.392 e.